The van der Waals surface area contributed by atoms with E-state index in [-0.39, 0.29) is 31.4 Å². The number of halogens is 1. The lowest BCUT2D eigenvalue weighted by atomic mass is 10.1. The van der Waals surface area contributed by atoms with E-state index < -0.39 is 17.6 Å². The number of rotatable bonds is 15. The van der Waals surface area contributed by atoms with Crippen LogP contribution in [0.15, 0.2) is 24.3 Å². The highest BCUT2D eigenvalue weighted by Crippen LogP contribution is 2.07. The van der Waals surface area contributed by atoms with Crippen molar-refractivity contribution in [3.05, 3.63) is 35.6 Å². The summed E-state index contributed by atoms with van der Waals surface area (Å²) >= 11 is 0. The van der Waals surface area contributed by atoms with Crippen LogP contribution >= 0.6 is 0 Å². The van der Waals surface area contributed by atoms with Gasteiger partial charge in [-0.25, -0.2) is 4.39 Å². The van der Waals surface area contributed by atoms with Gasteiger partial charge in [-0.05, 0) is 30.7 Å². The number of hydrogen-bond acceptors (Lipinski definition) is 8. The molecule has 10 nitrogen and oxygen atoms in total. The fourth-order valence-corrected chi connectivity index (χ4v) is 2.05. The number of ketones is 1. The summed E-state index contributed by atoms with van der Waals surface area (Å²) in [7, 11) is 0. The number of carbonyl (C=O) groups is 3. The third-order valence-electron chi connectivity index (χ3n) is 3.59. The molecule has 0 fully saturated rings. The van der Waals surface area contributed by atoms with Crippen LogP contribution < -0.4 is 22.5 Å². The molecule has 2 amide bonds. The van der Waals surface area contributed by atoms with Gasteiger partial charge in [-0.3, -0.25) is 25.9 Å². The van der Waals surface area contributed by atoms with E-state index in [2.05, 4.69) is 0 Å². The zero-order valence-corrected chi connectivity index (χ0v) is 16.0. The van der Waals surface area contributed by atoms with Gasteiger partial charge in [-0.2, -0.15) is 0 Å². The van der Waals surface area contributed by atoms with Gasteiger partial charge >= 0.3 is 0 Å². The first-order chi connectivity index (χ1) is 13.7. The molecule has 162 valence electrons. The molecule has 1 rings (SSSR count). The van der Waals surface area contributed by atoms with Crippen LogP contribution in [0.25, 0.3) is 0 Å². The molecule has 1 aromatic carbocycles. The van der Waals surface area contributed by atoms with Crippen LogP contribution in [0.2, 0.25) is 0 Å². The molecule has 0 heterocycles. The first kappa shape index (κ1) is 24.6. The van der Waals surface area contributed by atoms with Crippen molar-refractivity contribution < 1.29 is 33.0 Å². The van der Waals surface area contributed by atoms with E-state index in [0.29, 0.717) is 38.2 Å². The van der Waals surface area contributed by atoms with Gasteiger partial charge in [0.25, 0.3) is 5.91 Å². The highest BCUT2D eigenvalue weighted by Gasteiger charge is 2.28. The average Bonchev–Trinajstić information content (AvgIpc) is 2.66. The maximum atomic E-state index is 12.8. The molecule has 0 aliphatic rings. The molecule has 29 heavy (non-hydrogen) atoms. The molecule has 0 bridgehead atoms. The molecule has 0 radical (unpaired) electrons. The van der Waals surface area contributed by atoms with Gasteiger partial charge in [0.1, 0.15) is 12.4 Å². The van der Waals surface area contributed by atoms with Crippen molar-refractivity contribution in [2.75, 3.05) is 39.6 Å². The van der Waals surface area contributed by atoms with E-state index in [1.165, 1.54) is 24.3 Å². The highest BCUT2D eigenvalue weighted by molar-refractivity contribution is 5.95. The van der Waals surface area contributed by atoms with Gasteiger partial charge in [-0.1, -0.05) is 0 Å². The van der Waals surface area contributed by atoms with Crippen molar-refractivity contribution in [1.29, 1.82) is 0 Å². The third-order valence-corrected chi connectivity index (χ3v) is 3.59. The lowest BCUT2D eigenvalue weighted by Crippen LogP contribution is -2.70. The Balaban J connectivity index is 1.95. The Morgan fingerprint density at radius 3 is 2.07 bits per heavy atom. The molecule has 1 aromatic rings. The number of hydrogen-bond donors (Lipinski definition) is 4. The second kappa shape index (κ2) is 12.9. The quantitative estimate of drug-likeness (QED) is 0.161. The summed E-state index contributed by atoms with van der Waals surface area (Å²) in [6.45, 7) is 1.06. The van der Waals surface area contributed by atoms with Crippen molar-refractivity contribution >= 4 is 17.6 Å². The van der Waals surface area contributed by atoms with E-state index in [9.17, 15) is 18.8 Å². The second-order valence-electron chi connectivity index (χ2n) is 6.09. The topological polar surface area (TPSA) is 169 Å². The maximum absolute atomic E-state index is 12.8. The van der Waals surface area contributed by atoms with Crippen molar-refractivity contribution in [2.45, 2.75) is 18.6 Å². The van der Waals surface area contributed by atoms with Gasteiger partial charge in [0, 0.05) is 18.6 Å². The van der Waals surface area contributed by atoms with E-state index in [0.717, 1.165) is 0 Å². The molecule has 0 aromatic heterocycles. The number of ether oxygens (including phenoxy) is 3. The number of Topliss-reactive ketones (excluding diaryl/α,β-unsaturated/α-hetero) is 1. The first-order valence-corrected chi connectivity index (χ1v) is 8.93. The minimum atomic E-state index is -2.13. The van der Waals surface area contributed by atoms with Crippen molar-refractivity contribution in [3.8, 4) is 0 Å². The normalized spacial score (nSPS) is 11.3. The lowest BCUT2D eigenvalue weighted by Gasteiger charge is -2.21. The Morgan fingerprint density at radius 2 is 1.48 bits per heavy atom. The summed E-state index contributed by atoms with van der Waals surface area (Å²) in [6.07, 6.45) is 0.856. The van der Waals surface area contributed by atoms with Crippen LogP contribution in [0, 0.1) is 5.82 Å². The Labute approximate surface area is 167 Å². The standard InChI is InChI=1S/C18H27FN4O6/c19-14-5-3-13(4-6-14)15(24)2-1-7-27-8-9-28-10-11-29-12-16(25)23-18(21,22)17(20)26/h3-6H,1-2,7-12,21-22H2,(H2,20,26)(H,23,25)/i19-1. The summed E-state index contributed by atoms with van der Waals surface area (Å²) in [5, 5.41) is 2.02. The molecule has 0 spiro atoms. The Morgan fingerprint density at radius 1 is 0.931 bits per heavy atom. The molecule has 7 N–H and O–H groups in total. The number of amides is 2. The molecule has 0 aliphatic carbocycles. The molecular formula is C18H27FN4O6. The second-order valence-corrected chi connectivity index (χ2v) is 6.09. The zero-order chi connectivity index (χ0) is 21.7. The largest absolute Gasteiger partial charge is 0.379 e. The predicted octanol–water partition coefficient (Wildman–Crippen LogP) is -0.989. The van der Waals surface area contributed by atoms with Gasteiger partial charge in [0.2, 0.25) is 11.7 Å². The van der Waals surface area contributed by atoms with Gasteiger partial charge in [0.05, 0.1) is 26.4 Å². The summed E-state index contributed by atoms with van der Waals surface area (Å²) in [5.74, 6) is -4.34. The van der Waals surface area contributed by atoms with E-state index in [4.69, 9.17) is 31.4 Å². The molecular weight excluding hydrogens is 386 g/mol. The van der Waals surface area contributed by atoms with E-state index in [1.54, 1.807) is 0 Å². The van der Waals surface area contributed by atoms with Gasteiger partial charge in [-0.15, -0.1) is 0 Å². The lowest BCUT2D eigenvalue weighted by molar-refractivity contribution is -0.134. The molecule has 0 aliphatic heterocycles. The molecule has 0 saturated heterocycles. The number of nitrogens with two attached hydrogens (primary N) is 3. The Kier molecular flexibility index (Phi) is 10.9. The van der Waals surface area contributed by atoms with Crippen molar-refractivity contribution in [2.24, 2.45) is 17.2 Å². The van der Waals surface area contributed by atoms with Crippen molar-refractivity contribution in [3.63, 3.8) is 0 Å². The molecule has 11 heteroatoms. The molecule has 0 saturated carbocycles. The fraction of sp³-hybridized carbons (Fsp3) is 0.500. The fourth-order valence-electron chi connectivity index (χ4n) is 2.05. The molecule has 0 atom stereocenters. The summed E-state index contributed by atoms with van der Waals surface area (Å²) in [6, 6.07) is 5.42. The minimum absolute atomic E-state index is 0.0663. The Bertz CT molecular complexity index is 669. The monoisotopic (exact) mass is 413 g/mol. The minimum Gasteiger partial charge on any atom is -0.379 e. The van der Waals surface area contributed by atoms with Crippen LogP contribution in [0.5, 0.6) is 0 Å². The first-order valence-electron chi connectivity index (χ1n) is 8.93. The smallest absolute Gasteiger partial charge is 0.273 e. The average molecular weight is 413 g/mol. The van der Waals surface area contributed by atoms with Crippen molar-refractivity contribution in [1.82, 2.24) is 5.32 Å². The third kappa shape index (κ3) is 10.6. The predicted molar refractivity (Wildman–Crippen MR) is 101 cm³/mol. The van der Waals surface area contributed by atoms with Crippen LogP contribution in [0.1, 0.15) is 23.2 Å². The van der Waals surface area contributed by atoms with E-state index >= 15 is 0 Å². The summed E-state index contributed by atoms with van der Waals surface area (Å²) in [5.41, 5.74) is 15.9. The van der Waals surface area contributed by atoms with Crippen LogP contribution in [0.4, 0.5) is 4.39 Å². The number of carbonyl (C=O) groups excluding carboxylic acids is 3. The highest BCUT2D eigenvalue weighted by atomic mass is 18.2. The van der Waals surface area contributed by atoms with Gasteiger partial charge < -0.3 is 25.3 Å². The van der Waals surface area contributed by atoms with E-state index in [1.807, 2.05) is 5.32 Å². The van der Waals surface area contributed by atoms with Crippen LogP contribution in [-0.2, 0) is 23.8 Å². The summed E-state index contributed by atoms with van der Waals surface area (Å²) < 4.78 is 28.4. The number of primary amides is 1. The summed E-state index contributed by atoms with van der Waals surface area (Å²) in [4.78, 5) is 34.2. The zero-order valence-electron chi connectivity index (χ0n) is 16.0. The van der Waals surface area contributed by atoms with Crippen LogP contribution in [-0.4, -0.2) is 63.0 Å². The van der Waals surface area contributed by atoms with Gasteiger partial charge in [0.15, 0.2) is 5.78 Å². The number of nitrogens with one attached hydrogen (secondary N) is 1. The maximum Gasteiger partial charge on any atom is 0.273 e. The molecule has 0 unspecified atom stereocenters. The number of benzene rings is 1. The Hall–Kier alpha value is -2.44. The van der Waals surface area contributed by atoms with Crippen LogP contribution in [0.3, 0.4) is 0 Å². The SMILES string of the molecule is NC(=O)C(N)(N)NC(=O)COCCOCCOCCCC(=O)c1ccc([18F])cc1.